The molecule has 0 N–H and O–H groups in total. The SMILES string of the molecule is [O-][N+]1(CS)CCOCC1. The van der Waals surface area contributed by atoms with E-state index in [1.807, 2.05) is 0 Å². The van der Waals surface area contributed by atoms with Crippen LogP contribution in [0.4, 0.5) is 0 Å². The monoisotopic (exact) mass is 149 g/mol. The van der Waals surface area contributed by atoms with Crippen LogP contribution >= 0.6 is 12.6 Å². The van der Waals surface area contributed by atoms with Gasteiger partial charge in [-0.25, -0.2) is 0 Å². The lowest BCUT2D eigenvalue weighted by Crippen LogP contribution is -2.49. The van der Waals surface area contributed by atoms with Crippen LogP contribution in [0.15, 0.2) is 0 Å². The highest BCUT2D eigenvalue weighted by Crippen LogP contribution is 2.08. The zero-order valence-corrected chi connectivity index (χ0v) is 6.14. The number of hydrogen-bond donors (Lipinski definition) is 1. The minimum absolute atomic E-state index is 0.191. The molecule has 4 heteroatoms. The zero-order chi connectivity index (χ0) is 6.74. The minimum Gasteiger partial charge on any atom is -0.632 e. The highest BCUT2D eigenvalue weighted by molar-refractivity contribution is 7.80. The summed E-state index contributed by atoms with van der Waals surface area (Å²) in [5.74, 6) is 0.378. The van der Waals surface area contributed by atoms with Gasteiger partial charge >= 0.3 is 0 Å². The van der Waals surface area contributed by atoms with E-state index in [1.54, 1.807) is 0 Å². The normalized spacial score (nSPS) is 26.0. The number of rotatable bonds is 1. The van der Waals surface area contributed by atoms with Crippen LogP contribution in [0.2, 0.25) is 0 Å². The van der Waals surface area contributed by atoms with Crippen molar-refractivity contribution in [2.45, 2.75) is 0 Å². The topological polar surface area (TPSA) is 32.3 Å². The fourth-order valence-corrected chi connectivity index (χ4v) is 1.10. The molecule has 0 aliphatic carbocycles. The highest BCUT2D eigenvalue weighted by Gasteiger charge is 2.18. The van der Waals surface area contributed by atoms with E-state index in [0.717, 1.165) is 0 Å². The fourth-order valence-electron chi connectivity index (χ4n) is 0.817. The first-order valence-electron chi connectivity index (χ1n) is 3.02. The number of nitrogens with zero attached hydrogens (tertiary/aromatic N) is 1. The molecule has 3 nitrogen and oxygen atoms in total. The van der Waals surface area contributed by atoms with E-state index in [0.29, 0.717) is 32.2 Å². The second-order valence-corrected chi connectivity index (χ2v) is 2.54. The summed E-state index contributed by atoms with van der Waals surface area (Å²) in [6, 6.07) is 0. The summed E-state index contributed by atoms with van der Waals surface area (Å²) in [6.07, 6.45) is 0. The van der Waals surface area contributed by atoms with Gasteiger partial charge in [-0.1, -0.05) is 0 Å². The Hall–Kier alpha value is 0.230. The minimum atomic E-state index is -0.191. The van der Waals surface area contributed by atoms with Gasteiger partial charge in [-0.2, -0.15) is 0 Å². The van der Waals surface area contributed by atoms with Crippen molar-refractivity contribution in [1.29, 1.82) is 0 Å². The van der Waals surface area contributed by atoms with Crippen LogP contribution in [0.3, 0.4) is 0 Å². The Labute approximate surface area is 60.2 Å². The van der Waals surface area contributed by atoms with Gasteiger partial charge in [0.1, 0.15) is 19.0 Å². The van der Waals surface area contributed by atoms with Crippen molar-refractivity contribution in [2.75, 3.05) is 32.2 Å². The van der Waals surface area contributed by atoms with Crippen LogP contribution in [-0.4, -0.2) is 36.8 Å². The maximum absolute atomic E-state index is 11.3. The molecule has 0 spiro atoms. The van der Waals surface area contributed by atoms with Crippen LogP contribution in [-0.2, 0) is 4.74 Å². The van der Waals surface area contributed by atoms with Crippen molar-refractivity contribution >= 4 is 12.6 Å². The Bertz CT molecular complexity index is 93.0. The summed E-state index contributed by atoms with van der Waals surface area (Å²) in [5, 5.41) is 11.3. The standard InChI is InChI=1S/C5H11NO2S/c7-6(5-9)1-3-8-4-2-6/h9H,1-5H2. The smallest absolute Gasteiger partial charge is 0.122 e. The molecule has 0 aromatic rings. The molecule has 0 unspecified atom stereocenters. The van der Waals surface area contributed by atoms with Crippen molar-refractivity contribution in [3.05, 3.63) is 5.21 Å². The molecule has 54 valence electrons. The Morgan fingerprint density at radius 3 is 2.33 bits per heavy atom. The molecule has 1 fully saturated rings. The van der Waals surface area contributed by atoms with Crippen LogP contribution in [0.25, 0.3) is 0 Å². The molecule has 0 radical (unpaired) electrons. The maximum atomic E-state index is 11.3. The molecule has 0 amide bonds. The van der Waals surface area contributed by atoms with Crippen LogP contribution in [0, 0.1) is 5.21 Å². The number of thiol groups is 1. The quantitative estimate of drug-likeness (QED) is 0.328. The molecule has 9 heavy (non-hydrogen) atoms. The zero-order valence-electron chi connectivity index (χ0n) is 5.25. The van der Waals surface area contributed by atoms with E-state index in [2.05, 4.69) is 12.6 Å². The molecule has 0 atom stereocenters. The lowest BCUT2D eigenvalue weighted by molar-refractivity contribution is -0.875. The third kappa shape index (κ3) is 1.82. The molecular formula is C5H11NO2S. The van der Waals surface area contributed by atoms with Gasteiger partial charge in [-0.15, -0.1) is 12.6 Å². The van der Waals surface area contributed by atoms with Gasteiger partial charge in [-0.3, -0.25) is 0 Å². The molecule has 0 bridgehead atoms. The van der Waals surface area contributed by atoms with Crippen molar-refractivity contribution in [3.63, 3.8) is 0 Å². The van der Waals surface area contributed by atoms with Gasteiger partial charge in [0.05, 0.1) is 13.2 Å². The van der Waals surface area contributed by atoms with Crippen molar-refractivity contribution < 1.29 is 9.38 Å². The fraction of sp³-hybridized carbons (Fsp3) is 1.00. The molecular weight excluding hydrogens is 138 g/mol. The first-order chi connectivity index (χ1) is 4.27. The van der Waals surface area contributed by atoms with Crippen LogP contribution in [0.1, 0.15) is 0 Å². The Balaban J connectivity index is 2.37. The summed E-state index contributed by atoms with van der Waals surface area (Å²) in [5.41, 5.74) is 0. The van der Waals surface area contributed by atoms with Gasteiger partial charge < -0.3 is 14.6 Å². The second-order valence-electron chi connectivity index (χ2n) is 2.26. The molecule has 1 saturated heterocycles. The Morgan fingerprint density at radius 2 is 2.00 bits per heavy atom. The third-order valence-corrected chi connectivity index (χ3v) is 2.06. The van der Waals surface area contributed by atoms with E-state index >= 15 is 0 Å². The summed E-state index contributed by atoms with van der Waals surface area (Å²) in [7, 11) is 0. The molecule has 0 aromatic heterocycles. The van der Waals surface area contributed by atoms with E-state index in [9.17, 15) is 5.21 Å². The Kier molecular flexibility index (Phi) is 2.35. The average molecular weight is 149 g/mol. The second kappa shape index (κ2) is 2.88. The van der Waals surface area contributed by atoms with Crippen LogP contribution < -0.4 is 0 Å². The molecule has 0 saturated carbocycles. The molecule has 1 aliphatic heterocycles. The summed E-state index contributed by atoms with van der Waals surface area (Å²) in [6.45, 7) is 2.29. The van der Waals surface area contributed by atoms with Crippen molar-refractivity contribution in [1.82, 2.24) is 0 Å². The summed E-state index contributed by atoms with van der Waals surface area (Å²) >= 11 is 3.95. The number of hydrogen-bond acceptors (Lipinski definition) is 3. The highest BCUT2D eigenvalue weighted by atomic mass is 32.1. The first-order valence-corrected chi connectivity index (χ1v) is 3.66. The Morgan fingerprint density at radius 1 is 1.44 bits per heavy atom. The third-order valence-electron chi connectivity index (χ3n) is 1.54. The van der Waals surface area contributed by atoms with Crippen LogP contribution in [0.5, 0.6) is 0 Å². The van der Waals surface area contributed by atoms with Crippen molar-refractivity contribution in [2.24, 2.45) is 0 Å². The lowest BCUT2D eigenvalue weighted by Gasteiger charge is -2.43. The van der Waals surface area contributed by atoms with E-state index in [4.69, 9.17) is 4.74 Å². The first kappa shape index (κ1) is 7.34. The molecule has 0 aromatic carbocycles. The molecule has 1 rings (SSSR count). The number of quaternary nitrogens is 1. The number of morpholine rings is 1. The largest absolute Gasteiger partial charge is 0.632 e. The van der Waals surface area contributed by atoms with Gasteiger partial charge in [0, 0.05) is 0 Å². The number of hydroxylamine groups is 3. The summed E-state index contributed by atoms with van der Waals surface area (Å²) in [4.78, 5) is 0. The lowest BCUT2D eigenvalue weighted by atomic mass is 10.4. The molecule has 1 heterocycles. The van der Waals surface area contributed by atoms with Gasteiger partial charge in [0.2, 0.25) is 0 Å². The van der Waals surface area contributed by atoms with E-state index < -0.39 is 0 Å². The molecule has 1 aliphatic rings. The van der Waals surface area contributed by atoms with Gasteiger partial charge in [-0.05, 0) is 0 Å². The maximum Gasteiger partial charge on any atom is 0.122 e. The van der Waals surface area contributed by atoms with E-state index in [-0.39, 0.29) is 4.65 Å². The van der Waals surface area contributed by atoms with Gasteiger partial charge in [0.15, 0.2) is 0 Å². The predicted molar refractivity (Wildman–Crippen MR) is 38.0 cm³/mol. The number of ether oxygens (including phenoxy) is 1. The predicted octanol–water partition coefficient (Wildman–Crippen LogP) is 0.218. The average Bonchev–Trinajstić information content (AvgIpc) is 1.90. The van der Waals surface area contributed by atoms with E-state index in [1.165, 1.54) is 0 Å². The van der Waals surface area contributed by atoms with Gasteiger partial charge in [0.25, 0.3) is 0 Å². The summed E-state index contributed by atoms with van der Waals surface area (Å²) < 4.78 is 4.83. The van der Waals surface area contributed by atoms with Crippen molar-refractivity contribution in [3.8, 4) is 0 Å².